The summed E-state index contributed by atoms with van der Waals surface area (Å²) >= 11 is 5.79. The smallest absolute Gasteiger partial charge is 0.207 e. The third-order valence-corrected chi connectivity index (χ3v) is 6.14. The molecule has 112 valence electrons. The molecule has 1 fully saturated rings. The van der Waals surface area contributed by atoms with Gasteiger partial charge in [0.25, 0.3) is 0 Å². The molecule has 0 aliphatic carbocycles. The van der Waals surface area contributed by atoms with Crippen LogP contribution in [0.4, 0.5) is 4.39 Å². The van der Waals surface area contributed by atoms with E-state index in [4.69, 9.17) is 11.6 Å². The number of hydrogen-bond donors (Lipinski definition) is 0. The van der Waals surface area contributed by atoms with Gasteiger partial charge in [0.2, 0.25) is 10.0 Å². The fraction of sp³-hybridized carbons (Fsp3) is 0.571. The largest absolute Gasteiger partial charge is 0.243 e. The van der Waals surface area contributed by atoms with Crippen LogP contribution < -0.4 is 0 Å². The highest BCUT2D eigenvalue weighted by Crippen LogP contribution is 2.28. The minimum Gasteiger partial charge on any atom is -0.207 e. The first-order chi connectivity index (χ1) is 9.46. The van der Waals surface area contributed by atoms with Crippen molar-refractivity contribution in [1.29, 1.82) is 0 Å². The molecule has 20 heavy (non-hydrogen) atoms. The lowest BCUT2D eigenvalue weighted by atomic mass is 10.1. The molecule has 1 aliphatic heterocycles. The molecule has 1 aromatic rings. The normalized spacial score (nSPS) is 21.6. The van der Waals surface area contributed by atoms with Gasteiger partial charge in [-0.15, -0.1) is 11.6 Å². The van der Waals surface area contributed by atoms with Crippen molar-refractivity contribution in [3.8, 4) is 0 Å². The monoisotopic (exact) mass is 319 g/mol. The lowest BCUT2D eigenvalue weighted by Gasteiger charge is -2.27. The molecule has 1 unspecified atom stereocenters. The van der Waals surface area contributed by atoms with Crippen molar-refractivity contribution in [2.24, 2.45) is 0 Å². The number of sulfonamides is 1. The first-order valence-electron chi connectivity index (χ1n) is 6.83. The van der Waals surface area contributed by atoms with Crippen molar-refractivity contribution in [2.75, 3.05) is 6.54 Å². The Balaban J connectivity index is 2.45. The van der Waals surface area contributed by atoms with Crippen LogP contribution in [0.15, 0.2) is 23.1 Å². The molecule has 2 rings (SSSR count). The average molecular weight is 320 g/mol. The summed E-state index contributed by atoms with van der Waals surface area (Å²) < 4.78 is 40.5. The predicted octanol–water partition coefficient (Wildman–Crippen LogP) is 3.52. The second-order valence-corrected chi connectivity index (χ2v) is 7.33. The second-order valence-electron chi connectivity index (χ2n) is 5.20. The maximum absolute atomic E-state index is 13.4. The van der Waals surface area contributed by atoms with E-state index in [9.17, 15) is 12.8 Å². The van der Waals surface area contributed by atoms with E-state index in [-0.39, 0.29) is 16.8 Å². The maximum Gasteiger partial charge on any atom is 0.243 e. The lowest BCUT2D eigenvalue weighted by molar-refractivity contribution is 0.341. The molecule has 1 aliphatic rings. The fourth-order valence-electron chi connectivity index (χ4n) is 2.61. The van der Waals surface area contributed by atoms with Gasteiger partial charge in [-0.1, -0.05) is 18.9 Å². The van der Waals surface area contributed by atoms with Gasteiger partial charge >= 0.3 is 0 Å². The number of hydrogen-bond acceptors (Lipinski definition) is 2. The van der Waals surface area contributed by atoms with Crippen LogP contribution >= 0.6 is 11.6 Å². The van der Waals surface area contributed by atoms with Gasteiger partial charge in [-0.2, -0.15) is 4.31 Å². The lowest BCUT2D eigenvalue weighted by Crippen LogP contribution is -2.38. The SMILES string of the molecule is CC1CCCCCN1S(=O)(=O)c1cc(F)ccc1CCl. The van der Waals surface area contributed by atoms with E-state index in [2.05, 4.69) is 0 Å². The van der Waals surface area contributed by atoms with Crippen LogP contribution in [0.3, 0.4) is 0 Å². The standard InChI is InChI=1S/C14H19ClFNO2S/c1-11-5-3-2-4-8-17(11)20(18,19)14-9-13(16)7-6-12(14)10-15/h6-7,9,11H,2-5,8,10H2,1H3. The van der Waals surface area contributed by atoms with E-state index in [0.717, 1.165) is 31.7 Å². The summed E-state index contributed by atoms with van der Waals surface area (Å²) in [4.78, 5) is 0.00116. The van der Waals surface area contributed by atoms with Crippen LogP contribution in [0.2, 0.25) is 0 Å². The number of rotatable bonds is 3. The van der Waals surface area contributed by atoms with Crippen molar-refractivity contribution in [3.63, 3.8) is 0 Å². The molecule has 1 heterocycles. The Labute approximate surface area is 124 Å². The van der Waals surface area contributed by atoms with Crippen LogP contribution in [-0.2, 0) is 15.9 Å². The highest BCUT2D eigenvalue weighted by molar-refractivity contribution is 7.89. The first-order valence-corrected chi connectivity index (χ1v) is 8.80. The molecule has 0 bridgehead atoms. The predicted molar refractivity (Wildman–Crippen MR) is 77.8 cm³/mol. The van der Waals surface area contributed by atoms with Gasteiger partial charge in [0.15, 0.2) is 0 Å². The summed E-state index contributed by atoms with van der Waals surface area (Å²) in [6, 6.07) is 3.69. The molecule has 0 radical (unpaired) electrons. The third-order valence-electron chi connectivity index (χ3n) is 3.75. The summed E-state index contributed by atoms with van der Waals surface area (Å²) in [7, 11) is -3.69. The van der Waals surface area contributed by atoms with E-state index >= 15 is 0 Å². The average Bonchev–Trinajstić information content (AvgIpc) is 2.63. The Bertz CT molecular complexity index is 577. The van der Waals surface area contributed by atoms with E-state index in [1.165, 1.54) is 16.4 Å². The van der Waals surface area contributed by atoms with Gasteiger partial charge in [-0.05, 0) is 37.5 Å². The van der Waals surface area contributed by atoms with E-state index in [0.29, 0.717) is 12.1 Å². The number of nitrogens with zero attached hydrogens (tertiary/aromatic N) is 1. The van der Waals surface area contributed by atoms with Gasteiger partial charge in [-0.25, -0.2) is 12.8 Å². The summed E-state index contributed by atoms with van der Waals surface area (Å²) in [5.74, 6) is -0.503. The third kappa shape index (κ3) is 3.15. The van der Waals surface area contributed by atoms with Gasteiger partial charge < -0.3 is 0 Å². The molecule has 1 atom stereocenters. The van der Waals surface area contributed by atoms with Crippen LogP contribution in [0.25, 0.3) is 0 Å². The topological polar surface area (TPSA) is 37.4 Å². The fourth-order valence-corrected chi connectivity index (χ4v) is 4.86. The maximum atomic E-state index is 13.4. The van der Waals surface area contributed by atoms with Crippen molar-refractivity contribution in [1.82, 2.24) is 4.31 Å². The van der Waals surface area contributed by atoms with Crippen molar-refractivity contribution in [2.45, 2.75) is 49.4 Å². The molecular weight excluding hydrogens is 301 g/mol. The van der Waals surface area contributed by atoms with Gasteiger partial charge in [-0.3, -0.25) is 0 Å². The highest BCUT2D eigenvalue weighted by Gasteiger charge is 2.31. The van der Waals surface area contributed by atoms with E-state index in [1.54, 1.807) is 0 Å². The van der Waals surface area contributed by atoms with Crippen LogP contribution in [-0.4, -0.2) is 25.3 Å². The van der Waals surface area contributed by atoms with E-state index < -0.39 is 15.8 Å². The van der Waals surface area contributed by atoms with Crippen LogP contribution in [0.5, 0.6) is 0 Å². The number of alkyl halides is 1. The Morgan fingerprint density at radius 1 is 1.35 bits per heavy atom. The van der Waals surface area contributed by atoms with Gasteiger partial charge in [0.1, 0.15) is 5.82 Å². The second kappa shape index (κ2) is 6.41. The molecule has 1 saturated heterocycles. The molecule has 0 amide bonds. The van der Waals surface area contributed by atoms with Gasteiger partial charge in [0, 0.05) is 18.5 Å². The summed E-state index contributed by atoms with van der Waals surface area (Å²) in [6.45, 7) is 2.39. The van der Waals surface area contributed by atoms with Crippen molar-refractivity contribution < 1.29 is 12.8 Å². The molecular formula is C14H19ClFNO2S. The van der Waals surface area contributed by atoms with Crippen molar-refractivity contribution in [3.05, 3.63) is 29.6 Å². The summed E-state index contributed by atoms with van der Waals surface area (Å²) in [5.41, 5.74) is 0.449. The highest BCUT2D eigenvalue weighted by atomic mass is 35.5. The van der Waals surface area contributed by atoms with Gasteiger partial charge in [0.05, 0.1) is 4.90 Å². The summed E-state index contributed by atoms with van der Waals surface area (Å²) in [5, 5.41) is 0. The van der Waals surface area contributed by atoms with E-state index in [1.807, 2.05) is 6.92 Å². The zero-order valence-electron chi connectivity index (χ0n) is 11.5. The molecule has 6 heteroatoms. The Morgan fingerprint density at radius 3 is 2.80 bits per heavy atom. The Morgan fingerprint density at radius 2 is 2.10 bits per heavy atom. The number of benzene rings is 1. The molecule has 0 saturated carbocycles. The summed E-state index contributed by atoms with van der Waals surface area (Å²) in [6.07, 6.45) is 3.74. The van der Waals surface area contributed by atoms with Crippen LogP contribution in [0, 0.1) is 5.82 Å². The molecule has 3 nitrogen and oxygen atoms in total. The quantitative estimate of drug-likeness (QED) is 0.799. The molecule has 0 aromatic heterocycles. The minimum atomic E-state index is -3.69. The molecule has 0 N–H and O–H groups in total. The van der Waals surface area contributed by atoms with Crippen LogP contribution in [0.1, 0.15) is 38.2 Å². The zero-order chi connectivity index (χ0) is 14.8. The Kier molecular flexibility index (Phi) is 5.04. The molecule has 1 aromatic carbocycles. The minimum absolute atomic E-state index is 0.00116. The zero-order valence-corrected chi connectivity index (χ0v) is 13.1. The Hall–Kier alpha value is -0.650. The number of halogens is 2. The first kappa shape index (κ1) is 15.7. The molecule has 0 spiro atoms. The van der Waals surface area contributed by atoms with Crippen molar-refractivity contribution >= 4 is 21.6 Å².